The van der Waals surface area contributed by atoms with Gasteiger partial charge in [0, 0.05) is 38.6 Å². The van der Waals surface area contributed by atoms with Crippen LogP contribution in [-0.4, -0.2) is 64.4 Å². The van der Waals surface area contributed by atoms with Gasteiger partial charge in [0.15, 0.2) is 0 Å². The minimum absolute atomic E-state index is 0.150. The van der Waals surface area contributed by atoms with Crippen LogP contribution in [0.25, 0.3) is 6.08 Å². The zero-order chi connectivity index (χ0) is 20.6. The molecule has 0 bridgehead atoms. The van der Waals surface area contributed by atoms with Gasteiger partial charge in [0.25, 0.3) is 5.22 Å². The van der Waals surface area contributed by atoms with Crippen LogP contribution in [0, 0.1) is 0 Å². The van der Waals surface area contributed by atoms with Gasteiger partial charge in [-0.1, -0.05) is 73.5 Å². The van der Waals surface area contributed by atoms with Gasteiger partial charge < -0.3 is 9.32 Å². The molecule has 0 spiro atoms. The number of amides is 1. The summed E-state index contributed by atoms with van der Waals surface area (Å²) in [5.41, 5.74) is 1.22. The number of piperazine rings is 1. The average molecular weight is 427 g/mol. The molecule has 1 saturated heterocycles. The van der Waals surface area contributed by atoms with E-state index < -0.39 is 0 Å². The van der Waals surface area contributed by atoms with E-state index in [-0.39, 0.29) is 5.91 Å². The molecule has 1 amide bonds. The van der Waals surface area contributed by atoms with E-state index in [0.29, 0.717) is 16.9 Å². The first-order valence-corrected chi connectivity index (χ1v) is 11.9. The van der Waals surface area contributed by atoms with Crippen LogP contribution in [0.15, 0.2) is 46.0 Å². The van der Waals surface area contributed by atoms with E-state index in [9.17, 15) is 4.79 Å². The monoisotopic (exact) mass is 426 g/mol. The second kappa shape index (κ2) is 10.8. The molecule has 2 aliphatic rings. The van der Waals surface area contributed by atoms with E-state index in [1.165, 1.54) is 36.6 Å². The molecule has 1 saturated carbocycles. The van der Waals surface area contributed by atoms with E-state index in [0.717, 1.165) is 51.5 Å². The number of aromatic nitrogens is 2. The van der Waals surface area contributed by atoms with Crippen molar-refractivity contribution in [2.45, 2.75) is 43.2 Å². The van der Waals surface area contributed by atoms with Gasteiger partial charge in [0.05, 0.1) is 5.75 Å². The molecule has 1 aromatic heterocycles. The van der Waals surface area contributed by atoms with Crippen molar-refractivity contribution in [3.63, 3.8) is 0 Å². The topological polar surface area (TPSA) is 62.5 Å². The van der Waals surface area contributed by atoms with E-state index in [2.05, 4.69) is 39.4 Å². The van der Waals surface area contributed by atoms with Crippen LogP contribution in [-0.2, 0) is 4.79 Å². The van der Waals surface area contributed by atoms with Crippen molar-refractivity contribution < 1.29 is 9.21 Å². The largest absolute Gasteiger partial charge is 0.416 e. The van der Waals surface area contributed by atoms with Crippen molar-refractivity contribution in [2.24, 2.45) is 0 Å². The Kier molecular flexibility index (Phi) is 7.59. The SMILES string of the molecule is O=C(CSc1nnc(C2CCCCC2)o1)N1CCN(C/C=C/c2ccccc2)CC1. The first-order valence-electron chi connectivity index (χ1n) is 11.0. The van der Waals surface area contributed by atoms with Gasteiger partial charge in [-0.05, 0) is 18.4 Å². The third-order valence-corrected chi connectivity index (χ3v) is 6.70. The highest BCUT2D eigenvalue weighted by molar-refractivity contribution is 7.99. The normalized spacial score (nSPS) is 18.9. The molecule has 4 rings (SSSR count). The molecule has 6 nitrogen and oxygen atoms in total. The van der Waals surface area contributed by atoms with Gasteiger partial charge in [-0.25, -0.2) is 0 Å². The highest BCUT2D eigenvalue weighted by atomic mass is 32.2. The molecule has 0 atom stereocenters. The van der Waals surface area contributed by atoms with Crippen LogP contribution in [0.2, 0.25) is 0 Å². The Morgan fingerprint density at radius 2 is 1.83 bits per heavy atom. The summed E-state index contributed by atoms with van der Waals surface area (Å²) in [5, 5.41) is 8.88. The Balaban J connectivity index is 1.17. The number of thioether (sulfide) groups is 1. The number of hydrogen-bond donors (Lipinski definition) is 0. The van der Waals surface area contributed by atoms with E-state index in [1.54, 1.807) is 0 Å². The number of carbonyl (C=O) groups excluding carboxylic acids is 1. The first-order chi connectivity index (χ1) is 14.8. The molecular formula is C23H30N4O2S. The Hall–Kier alpha value is -2.12. The fourth-order valence-electron chi connectivity index (χ4n) is 4.09. The van der Waals surface area contributed by atoms with Crippen LogP contribution < -0.4 is 0 Å². The Morgan fingerprint density at radius 1 is 1.07 bits per heavy atom. The first kappa shape index (κ1) is 21.1. The Morgan fingerprint density at radius 3 is 2.60 bits per heavy atom. The van der Waals surface area contributed by atoms with Gasteiger partial charge in [0.2, 0.25) is 11.8 Å². The predicted molar refractivity (Wildman–Crippen MR) is 119 cm³/mol. The third kappa shape index (κ3) is 5.95. The lowest BCUT2D eigenvalue weighted by molar-refractivity contribution is -0.130. The zero-order valence-electron chi connectivity index (χ0n) is 17.4. The lowest BCUT2D eigenvalue weighted by atomic mass is 9.89. The summed E-state index contributed by atoms with van der Waals surface area (Å²) in [6.07, 6.45) is 10.4. The standard InChI is InChI=1S/C23H30N4O2S/c28-21(18-30-23-25-24-22(29-23)20-11-5-2-6-12-20)27-16-14-26(15-17-27)13-7-10-19-8-3-1-4-9-19/h1,3-4,7-10,20H,2,5-6,11-18H2/b10-7+. The number of rotatable bonds is 7. The summed E-state index contributed by atoms with van der Waals surface area (Å²) in [5.74, 6) is 1.67. The van der Waals surface area contributed by atoms with Gasteiger partial charge >= 0.3 is 0 Å². The number of nitrogens with zero attached hydrogens (tertiary/aromatic N) is 4. The lowest BCUT2D eigenvalue weighted by Gasteiger charge is -2.34. The summed E-state index contributed by atoms with van der Waals surface area (Å²) < 4.78 is 5.81. The van der Waals surface area contributed by atoms with Crippen molar-refractivity contribution in [3.8, 4) is 0 Å². The second-order valence-corrected chi connectivity index (χ2v) is 8.95. The van der Waals surface area contributed by atoms with Crippen LogP contribution in [0.5, 0.6) is 0 Å². The Labute approximate surface area is 182 Å². The summed E-state index contributed by atoms with van der Waals surface area (Å²) >= 11 is 1.36. The molecule has 0 radical (unpaired) electrons. The molecule has 30 heavy (non-hydrogen) atoms. The number of benzene rings is 1. The highest BCUT2D eigenvalue weighted by Crippen LogP contribution is 2.32. The van der Waals surface area contributed by atoms with E-state index in [4.69, 9.17) is 4.42 Å². The number of hydrogen-bond acceptors (Lipinski definition) is 6. The van der Waals surface area contributed by atoms with Crippen LogP contribution in [0.4, 0.5) is 0 Å². The minimum Gasteiger partial charge on any atom is -0.416 e. The summed E-state index contributed by atoms with van der Waals surface area (Å²) in [6, 6.07) is 10.3. The van der Waals surface area contributed by atoms with Gasteiger partial charge in [0.1, 0.15) is 0 Å². The molecule has 1 aliphatic carbocycles. The van der Waals surface area contributed by atoms with Crippen LogP contribution in [0.1, 0.15) is 49.5 Å². The molecule has 2 heterocycles. The van der Waals surface area contributed by atoms with Crippen molar-refractivity contribution in [1.82, 2.24) is 20.0 Å². The molecule has 160 valence electrons. The van der Waals surface area contributed by atoms with E-state index in [1.807, 2.05) is 23.1 Å². The predicted octanol–water partition coefficient (Wildman–Crippen LogP) is 4.07. The fourth-order valence-corrected chi connectivity index (χ4v) is 4.76. The molecule has 0 unspecified atom stereocenters. The molecule has 2 aromatic rings. The second-order valence-electron chi connectivity index (χ2n) is 8.02. The molecule has 0 N–H and O–H groups in total. The van der Waals surface area contributed by atoms with Crippen molar-refractivity contribution in [3.05, 3.63) is 47.9 Å². The van der Waals surface area contributed by atoms with E-state index >= 15 is 0 Å². The van der Waals surface area contributed by atoms with Crippen molar-refractivity contribution in [1.29, 1.82) is 0 Å². The van der Waals surface area contributed by atoms with Crippen molar-refractivity contribution >= 4 is 23.7 Å². The molecule has 1 aromatic carbocycles. The summed E-state index contributed by atoms with van der Waals surface area (Å²) in [4.78, 5) is 16.9. The maximum absolute atomic E-state index is 12.6. The van der Waals surface area contributed by atoms with Gasteiger partial charge in [-0.15, -0.1) is 10.2 Å². The zero-order valence-corrected chi connectivity index (χ0v) is 18.2. The smallest absolute Gasteiger partial charge is 0.277 e. The minimum atomic E-state index is 0.150. The maximum Gasteiger partial charge on any atom is 0.277 e. The number of carbonyl (C=O) groups is 1. The lowest BCUT2D eigenvalue weighted by Crippen LogP contribution is -2.49. The van der Waals surface area contributed by atoms with Gasteiger partial charge in [-0.3, -0.25) is 9.69 Å². The van der Waals surface area contributed by atoms with Crippen LogP contribution >= 0.6 is 11.8 Å². The van der Waals surface area contributed by atoms with Gasteiger partial charge in [-0.2, -0.15) is 0 Å². The molecule has 1 aliphatic heterocycles. The van der Waals surface area contributed by atoms with Crippen LogP contribution in [0.3, 0.4) is 0 Å². The Bertz CT molecular complexity index is 825. The average Bonchev–Trinajstić information content (AvgIpc) is 3.28. The summed E-state index contributed by atoms with van der Waals surface area (Å²) in [6.45, 7) is 4.27. The maximum atomic E-state index is 12.6. The quantitative estimate of drug-likeness (QED) is 0.622. The van der Waals surface area contributed by atoms with Crippen molar-refractivity contribution in [2.75, 3.05) is 38.5 Å². The fraction of sp³-hybridized carbons (Fsp3) is 0.522. The third-order valence-electron chi connectivity index (χ3n) is 5.89. The molecule has 7 heteroatoms. The molecule has 2 fully saturated rings. The molecular weight excluding hydrogens is 396 g/mol. The highest BCUT2D eigenvalue weighted by Gasteiger charge is 2.23. The summed E-state index contributed by atoms with van der Waals surface area (Å²) in [7, 11) is 0.